The van der Waals surface area contributed by atoms with Crippen molar-refractivity contribution in [3.8, 4) is 5.75 Å². The second kappa shape index (κ2) is 4.81. The summed E-state index contributed by atoms with van der Waals surface area (Å²) in [4.78, 5) is 2.24. The van der Waals surface area contributed by atoms with Crippen LogP contribution >= 0.6 is 0 Å². The summed E-state index contributed by atoms with van der Waals surface area (Å²) >= 11 is 0. The molecule has 0 radical (unpaired) electrons. The van der Waals surface area contributed by atoms with Gasteiger partial charge in [-0.05, 0) is 49.2 Å². The predicted octanol–water partition coefficient (Wildman–Crippen LogP) is 4.29. The van der Waals surface area contributed by atoms with Gasteiger partial charge >= 0.3 is 0 Å². The Kier molecular flexibility index (Phi) is 3.00. The van der Waals surface area contributed by atoms with Crippen LogP contribution in [0.4, 0.5) is 11.4 Å². The lowest BCUT2D eigenvalue weighted by Gasteiger charge is -2.28. The standard InChI is InChI=1S/C17H17NO/c1-13-11-14-5-3-4-6-17(14)18(12-13)15-7-9-16(19-2)10-8-15/h3-10,12H,11H2,1-2H3. The molecule has 0 saturated heterocycles. The summed E-state index contributed by atoms with van der Waals surface area (Å²) in [7, 11) is 1.69. The Morgan fingerprint density at radius 3 is 2.47 bits per heavy atom. The summed E-state index contributed by atoms with van der Waals surface area (Å²) < 4.78 is 5.21. The molecule has 1 aliphatic rings. The third-order valence-electron chi connectivity index (χ3n) is 3.42. The maximum absolute atomic E-state index is 5.21. The number of rotatable bonds is 2. The van der Waals surface area contributed by atoms with Crippen LogP contribution in [-0.4, -0.2) is 7.11 Å². The average molecular weight is 251 g/mol. The second-order valence-corrected chi connectivity index (χ2v) is 4.85. The van der Waals surface area contributed by atoms with Gasteiger partial charge in [0.15, 0.2) is 0 Å². The third kappa shape index (κ3) is 2.22. The lowest BCUT2D eigenvalue weighted by Crippen LogP contribution is -2.16. The van der Waals surface area contributed by atoms with Crippen molar-refractivity contribution in [3.05, 3.63) is 65.9 Å². The van der Waals surface area contributed by atoms with Crippen LogP contribution in [0.25, 0.3) is 0 Å². The predicted molar refractivity (Wildman–Crippen MR) is 79.0 cm³/mol. The fraction of sp³-hybridized carbons (Fsp3) is 0.176. The Balaban J connectivity index is 2.04. The molecule has 2 aromatic carbocycles. The number of hydrogen-bond donors (Lipinski definition) is 0. The number of hydrogen-bond acceptors (Lipinski definition) is 2. The normalized spacial score (nSPS) is 13.8. The van der Waals surface area contributed by atoms with Crippen molar-refractivity contribution >= 4 is 11.4 Å². The van der Waals surface area contributed by atoms with E-state index in [0.717, 1.165) is 17.9 Å². The molecule has 0 atom stereocenters. The molecule has 19 heavy (non-hydrogen) atoms. The molecule has 0 bridgehead atoms. The van der Waals surface area contributed by atoms with E-state index >= 15 is 0 Å². The first-order valence-corrected chi connectivity index (χ1v) is 6.46. The lowest BCUT2D eigenvalue weighted by atomic mass is 10.00. The number of benzene rings is 2. The third-order valence-corrected chi connectivity index (χ3v) is 3.42. The number of anilines is 2. The highest BCUT2D eigenvalue weighted by Gasteiger charge is 2.16. The molecule has 0 spiro atoms. The van der Waals surface area contributed by atoms with Crippen LogP contribution in [-0.2, 0) is 6.42 Å². The Labute approximate surface area is 113 Å². The van der Waals surface area contributed by atoms with Crippen molar-refractivity contribution in [3.63, 3.8) is 0 Å². The van der Waals surface area contributed by atoms with Gasteiger partial charge in [0.1, 0.15) is 5.75 Å². The molecule has 96 valence electrons. The molecule has 2 heteroatoms. The maximum Gasteiger partial charge on any atom is 0.119 e. The fourth-order valence-corrected chi connectivity index (χ4v) is 2.49. The van der Waals surface area contributed by atoms with Gasteiger partial charge in [-0.15, -0.1) is 0 Å². The van der Waals surface area contributed by atoms with E-state index in [1.807, 2.05) is 12.1 Å². The largest absolute Gasteiger partial charge is 0.497 e. The van der Waals surface area contributed by atoms with Gasteiger partial charge in [0, 0.05) is 17.6 Å². The van der Waals surface area contributed by atoms with Gasteiger partial charge in [0.05, 0.1) is 7.11 Å². The monoisotopic (exact) mass is 251 g/mol. The van der Waals surface area contributed by atoms with Gasteiger partial charge in [-0.25, -0.2) is 0 Å². The molecular weight excluding hydrogens is 234 g/mol. The van der Waals surface area contributed by atoms with E-state index < -0.39 is 0 Å². The van der Waals surface area contributed by atoms with Crippen molar-refractivity contribution in [1.82, 2.24) is 0 Å². The molecule has 3 rings (SSSR count). The number of fused-ring (bicyclic) bond motifs is 1. The molecule has 2 aromatic rings. The average Bonchev–Trinajstić information content (AvgIpc) is 2.46. The number of para-hydroxylation sites is 1. The molecule has 0 aromatic heterocycles. The first-order chi connectivity index (χ1) is 9.28. The molecule has 0 N–H and O–H groups in total. The molecule has 1 aliphatic heterocycles. The minimum Gasteiger partial charge on any atom is -0.497 e. The Hall–Kier alpha value is -2.22. The van der Waals surface area contributed by atoms with E-state index in [1.54, 1.807) is 7.11 Å². The van der Waals surface area contributed by atoms with Gasteiger partial charge in [-0.2, -0.15) is 0 Å². The van der Waals surface area contributed by atoms with Crippen molar-refractivity contribution in [2.24, 2.45) is 0 Å². The molecule has 1 heterocycles. The van der Waals surface area contributed by atoms with Crippen LogP contribution in [0.2, 0.25) is 0 Å². The molecule has 0 aliphatic carbocycles. The number of allylic oxidation sites excluding steroid dienone is 1. The van der Waals surface area contributed by atoms with Crippen molar-refractivity contribution < 1.29 is 4.74 Å². The summed E-state index contributed by atoms with van der Waals surface area (Å²) in [6, 6.07) is 16.7. The van der Waals surface area contributed by atoms with Crippen molar-refractivity contribution in [2.75, 3.05) is 12.0 Å². The van der Waals surface area contributed by atoms with E-state index in [2.05, 4.69) is 54.4 Å². The van der Waals surface area contributed by atoms with Gasteiger partial charge in [-0.1, -0.05) is 23.8 Å². The van der Waals surface area contributed by atoms with Crippen LogP contribution in [0.1, 0.15) is 12.5 Å². The molecular formula is C17H17NO. The molecule has 2 nitrogen and oxygen atoms in total. The minimum atomic E-state index is 0.884. The van der Waals surface area contributed by atoms with Crippen LogP contribution < -0.4 is 9.64 Å². The maximum atomic E-state index is 5.21. The topological polar surface area (TPSA) is 12.5 Å². The van der Waals surface area contributed by atoms with E-state index in [1.165, 1.54) is 16.8 Å². The van der Waals surface area contributed by atoms with E-state index in [0.29, 0.717) is 0 Å². The highest BCUT2D eigenvalue weighted by atomic mass is 16.5. The second-order valence-electron chi connectivity index (χ2n) is 4.85. The van der Waals surface area contributed by atoms with E-state index in [-0.39, 0.29) is 0 Å². The van der Waals surface area contributed by atoms with Gasteiger partial charge in [0.25, 0.3) is 0 Å². The summed E-state index contributed by atoms with van der Waals surface area (Å²) in [5.41, 5.74) is 5.17. The van der Waals surface area contributed by atoms with Gasteiger partial charge < -0.3 is 9.64 Å². The Morgan fingerprint density at radius 2 is 1.74 bits per heavy atom. The molecule has 0 amide bonds. The summed E-state index contributed by atoms with van der Waals surface area (Å²) in [5.74, 6) is 0.884. The van der Waals surface area contributed by atoms with Crippen LogP contribution in [0.15, 0.2) is 60.3 Å². The van der Waals surface area contributed by atoms with E-state index in [4.69, 9.17) is 4.74 Å². The SMILES string of the molecule is COc1ccc(N2C=C(C)Cc3ccccc32)cc1. The highest BCUT2D eigenvalue weighted by Crippen LogP contribution is 2.35. The quantitative estimate of drug-likeness (QED) is 0.789. The molecule has 0 unspecified atom stereocenters. The van der Waals surface area contributed by atoms with Gasteiger partial charge in [-0.3, -0.25) is 0 Å². The summed E-state index contributed by atoms with van der Waals surface area (Å²) in [5, 5.41) is 0. The number of ether oxygens (including phenoxy) is 1. The van der Waals surface area contributed by atoms with Crippen LogP contribution in [0, 0.1) is 0 Å². The Morgan fingerprint density at radius 1 is 1.00 bits per heavy atom. The van der Waals surface area contributed by atoms with Crippen molar-refractivity contribution in [2.45, 2.75) is 13.3 Å². The first-order valence-electron chi connectivity index (χ1n) is 6.46. The number of nitrogens with zero attached hydrogens (tertiary/aromatic N) is 1. The van der Waals surface area contributed by atoms with Crippen LogP contribution in [0.5, 0.6) is 5.75 Å². The van der Waals surface area contributed by atoms with Gasteiger partial charge in [0.2, 0.25) is 0 Å². The summed E-state index contributed by atoms with van der Waals surface area (Å²) in [6.07, 6.45) is 3.24. The zero-order valence-corrected chi connectivity index (χ0v) is 11.3. The summed E-state index contributed by atoms with van der Waals surface area (Å²) in [6.45, 7) is 2.17. The Bertz CT molecular complexity index is 613. The van der Waals surface area contributed by atoms with Crippen molar-refractivity contribution in [1.29, 1.82) is 0 Å². The van der Waals surface area contributed by atoms with Crippen LogP contribution in [0.3, 0.4) is 0 Å². The first kappa shape index (κ1) is 11.8. The highest BCUT2D eigenvalue weighted by molar-refractivity contribution is 5.71. The minimum absolute atomic E-state index is 0.884. The smallest absolute Gasteiger partial charge is 0.119 e. The molecule has 0 fully saturated rings. The zero-order valence-electron chi connectivity index (χ0n) is 11.3. The lowest BCUT2D eigenvalue weighted by molar-refractivity contribution is 0.415. The number of methoxy groups -OCH3 is 1. The molecule has 0 saturated carbocycles. The zero-order chi connectivity index (χ0) is 13.2. The van der Waals surface area contributed by atoms with E-state index in [9.17, 15) is 0 Å². The fourth-order valence-electron chi connectivity index (χ4n) is 2.49.